The highest BCUT2D eigenvalue weighted by molar-refractivity contribution is 5.43. The number of ether oxygens (including phenoxy) is 1. The van der Waals surface area contributed by atoms with Crippen molar-refractivity contribution in [2.45, 2.75) is 13.3 Å². The Labute approximate surface area is 131 Å². The lowest BCUT2D eigenvalue weighted by Crippen LogP contribution is -2.10. The Kier molecular flexibility index (Phi) is 5.77. The molecule has 0 saturated carbocycles. The molecular weight excluding hydrogens is 276 g/mol. The molecule has 5 heteroatoms. The van der Waals surface area contributed by atoms with Crippen molar-refractivity contribution in [3.63, 3.8) is 0 Å². The number of aryl methyl sites for hydroxylation is 1. The average Bonchev–Trinajstić information content (AvgIpc) is 2.53. The summed E-state index contributed by atoms with van der Waals surface area (Å²) >= 11 is 0. The predicted octanol–water partition coefficient (Wildman–Crippen LogP) is 3.05. The molecule has 0 aliphatic carbocycles. The maximum Gasteiger partial charge on any atom is 0.225 e. The molecule has 0 atom stereocenters. The Morgan fingerprint density at radius 2 is 2.05 bits per heavy atom. The number of rotatable bonds is 8. The fourth-order valence-corrected chi connectivity index (χ4v) is 2.14. The SMILES string of the molecule is C=CCNc1nc(C)cc(NCCc2ccccc2OC)n1. The first kappa shape index (κ1) is 15.8. The van der Waals surface area contributed by atoms with E-state index in [9.17, 15) is 0 Å². The van der Waals surface area contributed by atoms with Gasteiger partial charge in [0.2, 0.25) is 5.95 Å². The average molecular weight is 298 g/mol. The second-order valence-corrected chi connectivity index (χ2v) is 4.88. The lowest BCUT2D eigenvalue weighted by Gasteiger charge is -2.11. The van der Waals surface area contributed by atoms with Crippen molar-refractivity contribution >= 4 is 11.8 Å². The van der Waals surface area contributed by atoms with Crippen molar-refractivity contribution < 1.29 is 4.74 Å². The minimum absolute atomic E-state index is 0.611. The van der Waals surface area contributed by atoms with E-state index >= 15 is 0 Å². The van der Waals surface area contributed by atoms with Crippen LogP contribution >= 0.6 is 0 Å². The highest BCUT2D eigenvalue weighted by Crippen LogP contribution is 2.18. The number of hydrogen-bond donors (Lipinski definition) is 2. The molecule has 0 fully saturated rings. The van der Waals surface area contributed by atoms with Crippen molar-refractivity contribution in [2.75, 3.05) is 30.8 Å². The van der Waals surface area contributed by atoms with Gasteiger partial charge in [0.15, 0.2) is 0 Å². The van der Waals surface area contributed by atoms with Gasteiger partial charge in [-0.1, -0.05) is 24.3 Å². The number of nitrogens with one attached hydrogen (secondary N) is 2. The van der Waals surface area contributed by atoms with Crippen LogP contribution in [0.4, 0.5) is 11.8 Å². The number of nitrogens with zero attached hydrogens (tertiary/aromatic N) is 2. The summed E-state index contributed by atoms with van der Waals surface area (Å²) in [6.45, 7) is 7.04. The van der Waals surface area contributed by atoms with Crippen LogP contribution in [0.2, 0.25) is 0 Å². The second-order valence-electron chi connectivity index (χ2n) is 4.88. The van der Waals surface area contributed by atoms with Crippen molar-refractivity contribution in [1.29, 1.82) is 0 Å². The van der Waals surface area contributed by atoms with Gasteiger partial charge in [0.25, 0.3) is 0 Å². The third kappa shape index (κ3) is 4.48. The molecule has 0 radical (unpaired) electrons. The Morgan fingerprint density at radius 1 is 1.23 bits per heavy atom. The molecule has 116 valence electrons. The molecule has 5 nitrogen and oxygen atoms in total. The smallest absolute Gasteiger partial charge is 0.225 e. The van der Waals surface area contributed by atoms with Gasteiger partial charge in [-0.3, -0.25) is 0 Å². The fourth-order valence-electron chi connectivity index (χ4n) is 2.14. The van der Waals surface area contributed by atoms with Crippen LogP contribution in [0, 0.1) is 6.92 Å². The number of aromatic nitrogens is 2. The lowest BCUT2D eigenvalue weighted by atomic mass is 10.1. The van der Waals surface area contributed by atoms with Crippen LogP contribution in [0.1, 0.15) is 11.3 Å². The molecule has 0 bridgehead atoms. The summed E-state index contributed by atoms with van der Waals surface area (Å²) in [5, 5.41) is 6.43. The maximum atomic E-state index is 5.36. The van der Waals surface area contributed by atoms with Gasteiger partial charge in [-0.2, -0.15) is 4.98 Å². The molecule has 0 aliphatic rings. The van der Waals surface area contributed by atoms with Crippen LogP contribution < -0.4 is 15.4 Å². The highest BCUT2D eigenvalue weighted by Gasteiger charge is 2.03. The molecular formula is C17H22N4O. The van der Waals surface area contributed by atoms with E-state index in [1.807, 2.05) is 31.2 Å². The topological polar surface area (TPSA) is 59.1 Å². The van der Waals surface area contributed by atoms with E-state index in [4.69, 9.17) is 4.74 Å². The van der Waals surface area contributed by atoms with E-state index in [0.717, 1.165) is 30.2 Å². The van der Waals surface area contributed by atoms with Crippen LogP contribution in [0.15, 0.2) is 43.0 Å². The van der Waals surface area contributed by atoms with E-state index in [-0.39, 0.29) is 0 Å². The Morgan fingerprint density at radius 3 is 2.82 bits per heavy atom. The van der Waals surface area contributed by atoms with E-state index < -0.39 is 0 Å². The van der Waals surface area contributed by atoms with Crippen LogP contribution in [0.5, 0.6) is 5.75 Å². The van der Waals surface area contributed by atoms with Gasteiger partial charge in [-0.25, -0.2) is 4.98 Å². The minimum atomic E-state index is 0.611. The molecule has 0 amide bonds. The number of anilines is 2. The first-order valence-corrected chi connectivity index (χ1v) is 7.29. The summed E-state index contributed by atoms with van der Waals surface area (Å²) in [4.78, 5) is 8.77. The number of para-hydroxylation sites is 1. The molecule has 0 unspecified atom stereocenters. The van der Waals surface area contributed by atoms with E-state index in [0.29, 0.717) is 12.5 Å². The molecule has 2 rings (SSSR count). The molecule has 2 N–H and O–H groups in total. The lowest BCUT2D eigenvalue weighted by molar-refractivity contribution is 0.410. The summed E-state index contributed by atoms with van der Waals surface area (Å²) in [6, 6.07) is 9.97. The summed E-state index contributed by atoms with van der Waals surface area (Å²) in [6.07, 6.45) is 2.64. The van der Waals surface area contributed by atoms with E-state index in [1.165, 1.54) is 5.56 Å². The molecule has 0 aliphatic heterocycles. The number of hydrogen-bond acceptors (Lipinski definition) is 5. The Bertz CT molecular complexity index is 628. The quantitative estimate of drug-likeness (QED) is 0.734. The van der Waals surface area contributed by atoms with Crippen LogP contribution in [-0.2, 0) is 6.42 Å². The monoisotopic (exact) mass is 298 g/mol. The standard InChI is InChI=1S/C17H22N4O/c1-4-10-19-17-20-13(2)12-16(21-17)18-11-9-14-7-5-6-8-15(14)22-3/h4-8,12H,1,9-11H2,2-3H3,(H2,18,19,20,21). The van der Waals surface area contributed by atoms with Gasteiger partial charge in [-0.05, 0) is 25.0 Å². The van der Waals surface area contributed by atoms with Gasteiger partial charge in [0.05, 0.1) is 7.11 Å². The molecule has 0 saturated heterocycles. The summed E-state index contributed by atoms with van der Waals surface area (Å²) in [7, 11) is 1.69. The molecule has 1 aromatic carbocycles. The largest absolute Gasteiger partial charge is 0.496 e. The zero-order valence-electron chi connectivity index (χ0n) is 13.1. The van der Waals surface area contributed by atoms with Crippen LogP contribution in [0.25, 0.3) is 0 Å². The highest BCUT2D eigenvalue weighted by atomic mass is 16.5. The van der Waals surface area contributed by atoms with Crippen molar-refractivity contribution in [3.8, 4) is 5.75 Å². The second kappa shape index (κ2) is 8.02. The van der Waals surface area contributed by atoms with Gasteiger partial charge >= 0.3 is 0 Å². The molecule has 22 heavy (non-hydrogen) atoms. The summed E-state index contributed by atoms with van der Waals surface area (Å²) in [5.74, 6) is 2.34. The maximum absolute atomic E-state index is 5.36. The molecule has 1 aromatic heterocycles. The zero-order chi connectivity index (χ0) is 15.8. The Balaban J connectivity index is 1.96. The van der Waals surface area contributed by atoms with Crippen LogP contribution in [-0.4, -0.2) is 30.2 Å². The van der Waals surface area contributed by atoms with Gasteiger partial charge in [-0.15, -0.1) is 6.58 Å². The third-order valence-electron chi connectivity index (χ3n) is 3.15. The fraction of sp³-hybridized carbons (Fsp3) is 0.294. The van der Waals surface area contributed by atoms with Gasteiger partial charge < -0.3 is 15.4 Å². The van der Waals surface area contributed by atoms with Crippen molar-refractivity contribution in [2.24, 2.45) is 0 Å². The zero-order valence-corrected chi connectivity index (χ0v) is 13.1. The van der Waals surface area contributed by atoms with E-state index in [1.54, 1.807) is 13.2 Å². The third-order valence-corrected chi connectivity index (χ3v) is 3.15. The van der Waals surface area contributed by atoms with Crippen LogP contribution in [0.3, 0.4) is 0 Å². The van der Waals surface area contributed by atoms with Crippen molar-refractivity contribution in [1.82, 2.24) is 9.97 Å². The summed E-state index contributed by atoms with van der Waals surface area (Å²) < 4.78 is 5.36. The first-order valence-electron chi connectivity index (χ1n) is 7.29. The van der Waals surface area contributed by atoms with Crippen molar-refractivity contribution in [3.05, 3.63) is 54.2 Å². The normalized spacial score (nSPS) is 10.1. The molecule has 0 spiro atoms. The minimum Gasteiger partial charge on any atom is -0.496 e. The number of benzene rings is 1. The molecule has 2 aromatic rings. The Hall–Kier alpha value is -2.56. The van der Waals surface area contributed by atoms with Gasteiger partial charge in [0.1, 0.15) is 11.6 Å². The van der Waals surface area contributed by atoms with Gasteiger partial charge in [0, 0.05) is 24.8 Å². The summed E-state index contributed by atoms with van der Waals surface area (Å²) in [5.41, 5.74) is 2.09. The molecule has 1 heterocycles. The van der Waals surface area contributed by atoms with E-state index in [2.05, 4.69) is 33.2 Å². The first-order chi connectivity index (χ1) is 10.7. The number of methoxy groups -OCH3 is 1. The predicted molar refractivity (Wildman–Crippen MR) is 90.6 cm³/mol.